The summed E-state index contributed by atoms with van der Waals surface area (Å²) in [6, 6.07) is 21.0. The zero-order valence-corrected chi connectivity index (χ0v) is 21.2. The number of rotatable bonds is 8. The minimum atomic E-state index is -0.587. The maximum Gasteiger partial charge on any atom is 0.246 e. The third kappa shape index (κ3) is 6.79. The minimum absolute atomic E-state index is 0.200. The molecule has 3 aromatic carbocycles. The number of hydrogen-bond donors (Lipinski definition) is 4. The van der Waals surface area contributed by atoms with Crippen LogP contribution in [0.5, 0.6) is 0 Å². The highest BCUT2D eigenvalue weighted by Crippen LogP contribution is 2.22. The molecule has 8 nitrogen and oxygen atoms in total. The molecule has 0 aliphatic carbocycles. The summed E-state index contributed by atoms with van der Waals surface area (Å²) in [7, 11) is 0. The predicted molar refractivity (Wildman–Crippen MR) is 146 cm³/mol. The Morgan fingerprint density at radius 3 is 1.56 bits per heavy atom. The molecule has 1 atom stereocenters. The van der Waals surface area contributed by atoms with Gasteiger partial charge >= 0.3 is 0 Å². The van der Waals surface area contributed by atoms with Crippen molar-refractivity contribution in [1.29, 1.82) is 0 Å². The van der Waals surface area contributed by atoms with Crippen LogP contribution in [-0.4, -0.2) is 26.9 Å². The van der Waals surface area contributed by atoms with Crippen molar-refractivity contribution in [2.75, 3.05) is 21.3 Å². The minimum Gasteiger partial charge on any atom is -0.342 e. The van der Waals surface area contributed by atoms with Crippen molar-refractivity contribution in [3.63, 3.8) is 0 Å². The number of nitrogens with zero attached hydrogens (tertiary/aromatic N) is 3. The van der Waals surface area contributed by atoms with Crippen molar-refractivity contribution in [1.82, 2.24) is 15.0 Å². The first-order chi connectivity index (χ1) is 17.2. The van der Waals surface area contributed by atoms with E-state index < -0.39 is 6.04 Å². The molecule has 1 aromatic heterocycles. The molecule has 0 radical (unpaired) electrons. The number of para-hydroxylation sites is 1. The largest absolute Gasteiger partial charge is 0.342 e. The van der Waals surface area contributed by atoms with Gasteiger partial charge in [-0.15, -0.1) is 0 Å². The quantitative estimate of drug-likeness (QED) is 0.243. The Morgan fingerprint density at radius 1 is 0.639 bits per heavy atom. The Morgan fingerprint density at radius 2 is 1.08 bits per heavy atom. The van der Waals surface area contributed by atoms with E-state index in [0.29, 0.717) is 11.9 Å². The summed E-state index contributed by atoms with van der Waals surface area (Å²) < 4.78 is 0. The third-order valence-corrected chi connectivity index (χ3v) is 5.37. The number of benzene rings is 3. The summed E-state index contributed by atoms with van der Waals surface area (Å²) in [5.74, 6) is 0.800. The van der Waals surface area contributed by atoms with Crippen LogP contribution in [0.1, 0.15) is 29.2 Å². The van der Waals surface area contributed by atoms with E-state index in [-0.39, 0.29) is 11.9 Å². The van der Waals surface area contributed by atoms with Crippen LogP contribution in [0.4, 0.5) is 34.9 Å². The van der Waals surface area contributed by atoms with Gasteiger partial charge in [0, 0.05) is 17.1 Å². The average molecular weight is 482 g/mol. The number of hydrogen-bond acceptors (Lipinski definition) is 7. The van der Waals surface area contributed by atoms with E-state index in [9.17, 15) is 4.79 Å². The summed E-state index contributed by atoms with van der Waals surface area (Å²) in [6.07, 6.45) is 0. The van der Waals surface area contributed by atoms with Gasteiger partial charge in [0.05, 0.1) is 0 Å². The van der Waals surface area contributed by atoms with Gasteiger partial charge in [-0.25, -0.2) is 0 Å². The van der Waals surface area contributed by atoms with E-state index >= 15 is 0 Å². The second-order valence-corrected chi connectivity index (χ2v) is 9.03. The molecule has 0 aliphatic heterocycles. The van der Waals surface area contributed by atoms with Crippen molar-refractivity contribution in [2.45, 2.75) is 40.7 Å². The van der Waals surface area contributed by atoms with E-state index in [1.807, 2.05) is 82.3 Å². The smallest absolute Gasteiger partial charge is 0.246 e. The molecule has 0 aliphatic rings. The van der Waals surface area contributed by atoms with Crippen LogP contribution in [0.15, 0.2) is 66.7 Å². The Labute approximate surface area is 211 Å². The monoisotopic (exact) mass is 481 g/mol. The third-order valence-electron chi connectivity index (χ3n) is 5.37. The number of amides is 1. The first-order valence-corrected chi connectivity index (χ1v) is 11.8. The highest BCUT2D eigenvalue weighted by Gasteiger charge is 2.16. The number of anilines is 6. The molecule has 4 aromatic rings. The maximum atomic E-state index is 12.7. The van der Waals surface area contributed by atoms with E-state index in [4.69, 9.17) is 0 Å². The number of nitrogens with one attached hydrogen (secondary N) is 4. The molecule has 1 heterocycles. The molecule has 0 spiro atoms. The molecule has 4 rings (SSSR count). The van der Waals surface area contributed by atoms with Crippen LogP contribution in [0, 0.1) is 27.7 Å². The van der Waals surface area contributed by atoms with Gasteiger partial charge in [-0.3, -0.25) is 4.79 Å². The normalized spacial score (nSPS) is 11.5. The van der Waals surface area contributed by atoms with Gasteiger partial charge in [-0.2, -0.15) is 15.0 Å². The number of aromatic nitrogens is 3. The molecule has 0 saturated heterocycles. The lowest BCUT2D eigenvalue weighted by molar-refractivity contribution is -0.116. The van der Waals surface area contributed by atoms with Gasteiger partial charge in [0.15, 0.2) is 0 Å². The molecule has 0 bridgehead atoms. The maximum absolute atomic E-state index is 12.7. The fraction of sp³-hybridized carbons (Fsp3) is 0.214. The summed E-state index contributed by atoms with van der Waals surface area (Å²) in [5, 5.41) is 12.5. The van der Waals surface area contributed by atoms with Crippen LogP contribution in [0.3, 0.4) is 0 Å². The molecular formula is C28H31N7O. The molecule has 1 unspecified atom stereocenters. The lowest BCUT2D eigenvalue weighted by Gasteiger charge is -2.16. The lowest BCUT2D eigenvalue weighted by Crippen LogP contribution is -2.32. The summed E-state index contributed by atoms with van der Waals surface area (Å²) in [4.78, 5) is 26.4. The predicted octanol–water partition coefficient (Wildman–Crippen LogP) is 6.03. The van der Waals surface area contributed by atoms with Gasteiger partial charge in [0.2, 0.25) is 23.8 Å². The summed E-state index contributed by atoms with van der Waals surface area (Å²) in [6.45, 7) is 9.92. The highest BCUT2D eigenvalue weighted by molar-refractivity contribution is 5.96. The van der Waals surface area contributed by atoms with Crippen LogP contribution < -0.4 is 21.3 Å². The van der Waals surface area contributed by atoms with Crippen molar-refractivity contribution in [3.8, 4) is 0 Å². The van der Waals surface area contributed by atoms with Crippen molar-refractivity contribution in [2.24, 2.45) is 0 Å². The fourth-order valence-corrected chi connectivity index (χ4v) is 3.94. The van der Waals surface area contributed by atoms with E-state index in [1.165, 1.54) is 0 Å². The van der Waals surface area contributed by atoms with Crippen LogP contribution in [0.2, 0.25) is 0 Å². The number of carbonyl (C=O) groups is 1. The van der Waals surface area contributed by atoms with Crippen LogP contribution in [-0.2, 0) is 4.79 Å². The first kappa shape index (κ1) is 24.7. The van der Waals surface area contributed by atoms with Crippen molar-refractivity contribution in [3.05, 3.63) is 89.0 Å². The Balaban J connectivity index is 1.60. The molecular weight excluding hydrogens is 450 g/mol. The average Bonchev–Trinajstić information content (AvgIpc) is 2.78. The Bertz CT molecular complexity index is 1260. The molecule has 0 fully saturated rings. The van der Waals surface area contributed by atoms with Gasteiger partial charge < -0.3 is 21.3 Å². The molecule has 1 amide bonds. The highest BCUT2D eigenvalue weighted by atomic mass is 16.2. The molecule has 8 heteroatoms. The zero-order chi connectivity index (χ0) is 25.7. The molecule has 36 heavy (non-hydrogen) atoms. The molecule has 0 saturated carbocycles. The van der Waals surface area contributed by atoms with Gasteiger partial charge in [-0.05, 0) is 93.3 Å². The van der Waals surface area contributed by atoms with E-state index in [2.05, 4.69) is 48.4 Å². The second kappa shape index (κ2) is 10.9. The molecule has 184 valence electrons. The van der Waals surface area contributed by atoms with Crippen molar-refractivity contribution >= 4 is 40.8 Å². The molecule has 4 N–H and O–H groups in total. The van der Waals surface area contributed by atoms with Crippen LogP contribution >= 0.6 is 0 Å². The fourth-order valence-electron chi connectivity index (χ4n) is 3.94. The van der Waals surface area contributed by atoms with Crippen LogP contribution in [0.25, 0.3) is 0 Å². The first-order valence-electron chi connectivity index (χ1n) is 11.8. The van der Waals surface area contributed by atoms with E-state index in [1.54, 1.807) is 6.92 Å². The summed E-state index contributed by atoms with van der Waals surface area (Å²) in [5.41, 5.74) is 6.98. The summed E-state index contributed by atoms with van der Waals surface area (Å²) >= 11 is 0. The van der Waals surface area contributed by atoms with Gasteiger partial charge in [0.25, 0.3) is 0 Å². The topological polar surface area (TPSA) is 104 Å². The van der Waals surface area contributed by atoms with E-state index in [0.717, 1.165) is 39.3 Å². The van der Waals surface area contributed by atoms with Gasteiger partial charge in [-0.1, -0.05) is 30.3 Å². The SMILES string of the molecule is Cc1cc(C)cc(Nc2nc(Nc3cc(C)cc(C)c3)nc(NC(C)C(=O)Nc3ccccc3)n2)c1. The Kier molecular flexibility index (Phi) is 7.44. The Hall–Kier alpha value is -4.46. The van der Waals surface area contributed by atoms with Crippen molar-refractivity contribution < 1.29 is 4.79 Å². The zero-order valence-electron chi connectivity index (χ0n) is 21.2. The lowest BCUT2D eigenvalue weighted by atomic mass is 10.1. The van der Waals surface area contributed by atoms with Gasteiger partial charge in [0.1, 0.15) is 6.04 Å². The second-order valence-electron chi connectivity index (χ2n) is 9.03. The number of carbonyl (C=O) groups excluding carboxylic acids is 1. The number of aryl methyl sites for hydroxylation is 4. The standard InChI is InChI=1S/C28H31N7O/c1-17-11-18(2)14-23(13-17)31-27-33-26(29-21(5)25(36)30-22-9-7-6-8-10-22)34-28(35-27)32-24-15-19(3)12-20(4)16-24/h6-16,21H,1-5H3,(H,30,36)(H3,29,31,32,33,34,35).